The van der Waals surface area contributed by atoms with E-state index < -0.39 is 5.54 Å². The summed E-state index contributed by atoms with van der Waals surface area (Å²) in [5, 5.41) is 3.54. The van der Waals surface area contributed by atoms with Gasteiger partial charge in [-0.1, -0.05) is 27.7 Å². The van der Waals surface area contributed by atoms with E-state index in [0.29, 0.717) is 0 Å². The highest BCUT2D eigenvalue weighted by Crippen LogP contribution is 2.48. The first kappa shape index (κ1) is 15.8. The first-order valence-electron chi connectivity index (χ1n) is 8.03. The molecule has 1 saturated carbocycles. The van der Waals surface area contributed by atoms with Crippen LogP contribution < -0.4 is 5.32 Å². The van der Waals surface area contributed by atoms with Gasteiger partial charge in [-0.25, -0.2) is 0 Å². The van der Waals surface area contributed by atoms with Crippen molar-refractivity contribution in [3.05, 3.63) is 0 Å². The third-order valence-corrected chi connectivity index (χ3v) is 5.45. The lowest BCUT2D eigenvalue weighted by Gasteiger charge is -2.56. The molecule has 0 radical (unpaired) electrons. The fraction of sp³-hybridized carbons (Fsp3) is 0.938. The number of rotatable bonds is 5. The Kier molecular flexibility index (Phi) is 4.18. The average Bonchev–Trinajstić information content (AvgIpc) is 2.67. The van der Waals surface area contributed by atoms with Crippen LogP contribution in [0.2, 0.25) is 0 Å². The molecule has 2 fully saturated rings. The zero-order valence-corrected chi connectivity index (χ0v) is 13.8. The summed E-state index contributed by atoms with van der Waals surface area (Å²) in [7, 11) is 0. The molecule has 2 aliphatic rings. The molecule has 2 rings (SSSR count). The van der Waals surface area contributed by atoms with Crippen LogP contribution in [0.4, 0.5) is 0 Å². The molecule has 1 saturated heterocycles. The van der Waals surface area contributed by atoms with Crippen LogP contribution in [0.25, 0.3) is 0 Å². The smallest absolute Gasteiger partial charge is 0.244 e. The lowest BCUT2D eigenvalue weighted by atomic mass is 9.63. The predicted molar refractivity (Wildman–Crippen MR) is 80.4 cm³/mol. The van der Waals surface area contributed by atoms with Crippen LogP contribution in [-0.4, -0.2) is 41.3 Å². The second-order valence-corrected chi connectivity index (χ2v) is 6.98. The largest absolute Gasteiger partial charge is 0.378 e. The molecule has 0 aromatic rings. The fourth-order valence-corrected chi connectivity index (χ4v) is 3.66. The minimum Gasteiger partial charge on any atom is -0.378 e. The molecule has 4 unspecified atom stereocenters. The number of nitrogens with zero attached hydrogens (tertiary/aromatic N) is 1. The summed E-state index contributed by atoms with van der Waals surface area (Å²) in [5.74, 6) is 0.264. The summed E-state index contributed by atoms with van der Waals surface area (Å²) in [6.45, 7) is 13.5. The minimum absolute atomic E-state index is 0.0414. The zero-order chi connectivity index (χ0) is 15.1. The lowest BCUT2D eigenvalue weighted by molar-refractivity contribution is -0.169. The lowest BCUT2D eigenvalue weighted by Crippen LogP contribution is -2.64. The first-order chi connectivity index (χ1) is 9.31. The second-order valence-electron chi connectivity index (χ2n) is 6.98. The molecule has 20 heavy (non-hydrogen) atoms. The van der Waals surface area contributed by atoms with Crippen LogP contribution in [0.1, 0.15) is 60.8 Å². The van der Waals surface area contributed by atoms with Crippen LogP contribution >= 0.6 is 0 Å². The molecule has 0 spiro atoms. The Morgan fingerprint density at radius 3 is 2.40 bits per heavy atom. The van der Waals surface area contributed by atoms with E-state index >= 15 is 0 Å². The first-order valence-corrected chi connectivity index (χ1v) is 8.03. The second kappa shape index (κ2) is 5.30. The fourth-order valence-electron chi connectivity index (χ4n) is 3.66. The Morgan fingerprint density at radius 1 is 1.30 bits per heavy atom. The van der Waals surface area contributed by atoms with Gasteiger partial charge < -0.3 is 9.64 Å². The van der Waals surface area contributed by atoms with Crippen molar-refractivity contribution >= 4 is 5.91 Å². The molecule has 0 aromatic carbocycles. The van der Waals surface area contributed by atoms with Gasteiger partial charge in [-0.3, -0.25) is 10.1 Å². The SMILES string of the molecule is CCOC1CC(N2C(=O)C(C)(CC)NC2CC)C1(C)C. The van der Waals surface area contributed by atoms with E-state index in [1.807, 2.05) is 13.8 Å². The molecule has 116 valence electrons. The van der Waals surface area contributed by atoms with Gasteiger partial charge in [0.25, 0.3) is 0 Å². The van der Waals surface area contributed by atoms with Gasteiger partial charge in [0.05, 0.1) is 17.8 Å². The minimum atomic E-state index is -0.395. The molecule has 4 nitrogen and oxygen atoms in total. The molecule has 1 aliphatic heterocycles. The van der Waals surface area contributed by atoms with Gasteiger partial charge in [0.2, 0.25) is 5.91 Å². The van der Waals surface area contributed by atoms with Crippen molar-refractivity contribution in [1.82, 2.24) is 10.2 Å². The molecule has 1 heterocycles. The van der Waals surface area contributed by atoms with E-state index in [4.69, 9.17) is 4.74 Å². The normalized spacial score (nSPS) is 40.0. The van der Waals surface area contributed by atoms with Gasteiger partial charge >= 0.3 is 0 Å². The van der Waals surface area contributed by atoms with E-state index in [-0.39, 0.29) is 29.6 Å². The Balaban J connectivity index is 2.18. The number of carbonyl (C=O) groups excluding carboxylic acids is 1. The summed E-state index contributed by atoms with van der Waals surface area (Å²) in [6, 6.07) is 0.289. The molecule has 1 N–H and O–H groups in total. The molecule has 4 heteroatoms. The molecular weight excluding hydrogens is 252 g/mol. The van der Waals surface area contributed by atoms with Crippen molar-refractivity contribution < 1.29 is 9.53 Å². The maximum absolute atomic E-state index is 12.8. The molecule has 1 aliphatic carbocycles. The van der Waals surface area contributed by atoms with Gasteiger partial charge in [-0.05, 0) is 33.1 Å². The van der Waals surface area contributed by atoms with Crippen molar-refractivity contribution in [3.63, 3.8) is 0 Å². The molecular formula is C16H30N2O2. The number of hydrogen-bond acceptors (Lipinski definition) is 3. The van der Waals surface area contributed by atoms with Crippen LogP contribution in [0, 0.1) is 5.41 Å². The van der Waals surface area contributed by atoms with E-state index in [0.717, 1.165) is 25.9 Å². The maximum atomic E-state index is 12.8. The van der Waals surface area contributed by atoms with Crippen molar-refractivity contribution in [2.24, 2.45) is 5.41 Å². The quantitative estimate of drug-likeness (QED) is 0.842. The average molecular weight is 282 g/mol. The number of ether oxygens (including phenoxy) is 1. The van der Waals surface area contributed by atoms with E-state index in [2.05, 4.69) is 37.9 Å². The number of hydrogen-bond donors (Lipinski definition) is 1. The summed E-state index contributed by atoms with van der Waals surface area (Å²) >= 11 is 0. The highest BCUT2D eigenvalue weighted by Gasteiger charge is 2.58. The summed E-state index contributed by atoms with van der Waals surface area (Å²) in [6.07, 6.45) is 3.19. The Morgan fingerprint density at radius 2 is 1.95 bits per heavy atom. The molecule has 1 amide bonds. The third kappa shape index (κ3) is 2.17. The highest BCUT2D eigenvalue weighted by molar-refractivity contribution is 5.88. The third-order valence-electron chi connectivity index (χ3n) is 5.45. The van der Waals surface area contributed by atoms with Gasteiger partial charge in [0, 0.05) is 18.1 Å². The topological polar surface area (TPSA) is 41.6 Å². The number of nitrogens with one attached hydrogen (secondary N) is 1. The van der Waals surface area contributed by atoms with Crippen LogP contribution in [-0.2, 0) is 9.53 Å². The van der Waals surface area contributed by atoms with Gasteiger partial charge in [-0.15, -0.1) is 0 Å². The van der Waals surface area contributed by atoms with E-state index in [9.17, 15) is 4.79 Å². The van der Waals surface area contributed by atoms with E-state index in [1.54, 1.807) is 0 Å². The Labute approximate surface area is 123 Å². The van der Waals surface area contributed by atoms with Crippen molar-refractivity contribution in [2.75, 3.05) is 6.61 Å². The highest BCUT2D eigenvalue weighted by atomic mass is 16.5. The Hall–Kier alpha value is -0.610. The van der Waals surface area contributed by atoms with Crippen molar-refractivity contribution in [1.29, 1.82) is 0 Å². The van der Waals surface area contributed by atoms with Gasteiger partial charge in [-0.2, -0.15) is 0 Å². The number of amides is 1. The molecule has 0 aromatic heterocycles. The molecule has 0 bridgehead atoms. The molecule has 4 atom stereocenters. The van der Waals surface area contributed by atoms with Gasteiger partial charge in [0.1, 0.15) is 0 Å². The zero-order valence-electron chi connectivity index (χ0n) is 13.8. The number of carbonyl (C=O) groups is 1. The summed E-state index contributed by atoms with van der Waals surface area (Å²) in [4.78, 5) is 14.9. The van der Waals surface area contributed by atoms with E-state index in [1.165, 1.54) is 0 Å². The maximum Gasteiger partial charge on any atom is 0.244 e. The van der Waals surface area contributed by atoms with Crippen LogP contribution in [0.15, 0.2) is 0 Å². The van der Waals surface area contributed by atoms with Crippen molar-refractivity contribution in [2.45, 2.75) is 84.7 Å². The Bertz CT molecular complexity index is 383. The predicted octanol–water partition coefficient (Wildman–Crippen LogP) is 2.53. The van der Waals surface area contributed by atoms with Gasteiger partial charge in [0.15, 0.2) is 0 Å². The summed E-state index contributed by atoms with van der Waals surface area (Å²) < 4.78 is 5.81. The summed E-state index contributed by atoms with van der Waals surface area (Å²) in [5.41, 5.74) is -0.354. The van der Waals surface area contributed by atoms with Crippen molar-refractivity contribution in [3.8, 4) is 0 Å². The van der Waals surface area contributed by atoms with Crippen LogP contribution in [0.3, 0.4) is 0 Å². The monoisotopic (exact) mass is 282 g/mol. The van der Waals surface area contributed by atoms with Crippen LogP contribution in [0.5, 0.6) is 0 Å². The standard InChI is InChI=1S/C16H30N2O2/c1-7-13-17-16(6,8-2)14(19)18(13)11-10-12(20-9-3)15(11,4)5/h11-13,17H,7-10H2,1-6H3.